The summed E-state index contributed by atoms with van der Waals surface area (Å²) < 4.78 is 0.843. The zero-order chi connectivity index (χ0) is 11.5. The molecule has 5 heteroatoms. The average molecular weight is 281 g/mol. The molecular weight excluding hydrogens is 268 g/mol. The highest BCUT2D eigenvalue weighted by Gasteiger charge is 2.21. The van der Waals surface area contributed by atoms with Gasteiger partial charge in [0.15, 0.2) is 0 Å². The minimum atomic E-state index is 0.370. The van der Waals surface area contributed by atoms with Crippen molar-refractivity contribution < 1.29 is 0 Å². The summed E-state index contributed by atoms with van der Waals surface area (Å²) in [5.41, 5.74) is 0.628. The van der Waals surface area contributed by atoms with E-state index in [2.05, 4.69) is 44.1 Å². The number of hydrogen-bond acceptors (Lipinski definition) is 4. The van der Waals surface area contributed by atoms with Crippen LogP contribution in [0.15, 0.2) is 16.7 Å². The van der Waals surface area contributed by atoms with Gasteiger partial charge in [0.1, 0.15) is 11.9 Å². The number of nitrogens with one attached hydrogen (secondary N) is 1. The number of anilines is 1. The number of pyridine rings is 1. The van der Waals surface area contributed by atoms with E-state index in [4.69, 9.17) is 5.26 Å². The van der Waals surface area contributed by atoms with E-state index in [0.717, 1.165) is 29.9 Å². The smallest absolute Gasteiger partial charge is 0.146 e. The third kappa shape index (κ3) is 2.18. The first kappa shape index (κ1) is 11.4. The van der Waals surface area contributed by atoms with E-state index >= 15 is 0 Å². The fourth-order valence-electron chi connectivity index (χ4n) is 1.90. The predicted molar refractivity (Wildman–Crippen MR) is 66.3 cm³/mol. The van der Waals surface area contributed by atoms with Gasteiger partial charge in [-0.1, -0.05) is 0 Å². The Kier molecular flexibility index (Phi) is 3.42. The first-order chi connectivity index (χ1) is 7.72. The Labute approximate surface area is 103 Å². The molecule has 0 saturated carbocycles. The molecule has 0 radical (unpaired) electrons. The predicted octanol–water partition coefficient (Wildman–Crippen LogP) is 1.51. The first-order valence-electron chi connectivity index (χ1n) is 5.25. The van der Waals surface area contributed by atoms with E-state index in [1.54, 1.807) is 6.20 Å². The molecule has 1 aliphatic rings. The number of hydrogen-bond donors (Lipinski definition) is 1. The Hall–Kier alpha value is -1.12. The maximum absolute atomic E-state index is 9.11. The lowest BCUT2D eigenvalue weighted by Crippen LogP contribution is -2.50. The van der Waals surface area contributed by atoms with Crippen molar-refractivity contribution in [2.75, 3.05) is 24.5 Å². The zero-order valence-corrected chi connectivity index (χ0v) is 10.7. The summed E-state index contributed by atoms with van der Waals surface area (Å²) in [6.45, 7) is 4.90. The van der Waals surface area contributed by atoms with E-state index < -0.39 is 0 Å². The van der Waals surface area contributed by atoms with E-state index in [1.807, 2.05) is 6.07 Å². The summed E-state index contributed by atoms with van der Waals surface area (Å²) >= 11 is 3.33. The lowest BCUT2D eigenvalue weighted by molar-refractivity contribution is 0.497. The van der Waals surface area contributed by atoms with Crippen LogP contribution in [0.5, 0.6) is 0 Å². The Morgan fingerprint density at radius 2 is 2.50 bits per heavy atom. The van der Waals surface area contributed by atoms with Crippen molar-refractivity contribution in [1.29, 1.82) is 5.26 Å². The van der Waals surface area contributed by atoms with Crippen molar-refractivity contribution in [2.45, 2.75) is 13.0 Å². The summed E-state index contributed by atoms with van der Waals surface area (Å²) in [5, 5.41) is 12.4. The molecular formula is C11H13BrN4. The standard InChI is InChI=1S/C11H13BrN4/c1-8-6-14-2-3-16(8)11-9(5-13)4-10(12)7-15-11/h4,7-8,14H,2-3,6H2,1H3. The van der Waals surface area contributed by atoms with Gasteiger partial charge in [-0.3, -0.25) is 0 Å². The molecule has 1 aromatic heterocycles. The van der Waals surface area contributed by atoms with Crippen LogP contribution in [0.3, 0.4) is 0 Å². The first-order valence-corrected chi connectivity index (χ1v) is 6.04. The monoisotopic (exact) mass is 280 g/mol. The van der Waals surface area contributed by atoms with Gasteiger partial charge in [0.25, 0.3) is 0 Å². The molecule has 1 aromatic rings. The molecule has 84 valence electrons. The second-order valence-corrected chi connectivity index (χ2v) is 4.80. The minimum absolute atomic E-state index is 0.370. The highest BCUT2D eigenvalue weighted by molar-refractivity contribution is 9.10. The third-order valence-corrected chi connectivity index (χ3v) is 3.16. The molecule has 1 saturated heterocycles. The number of piperazine rings is 1. The van der Waals surface area contributed by atoms with Crippen LogP contribution < -0.4 is 10.2 Å². The molecule has 1 fully saturated rings. The van der Waals surface area contributed by atoms with Gasteiger partial charge in [0, 0.05) is 36.3 Å². The molecule has 4 nitrogen and oxygen atoms in total. The minimum Gasteiger partial charge on any atom is -0.350 e. The van der Waals surface area contributed by atoms with E-state index in [1.165, 1.54) is 0 Å². The van der Waals surface area contributed by atoms with E-state index in [-0.39, 0.29) is 0 Å². The zero-order valence-electron chi connectivity index (χ0n) is 9.07. The van der Waals surface area contributed by atoms with Crippen LogP contribution in [-0.2, 0) is 0 Å². The van der Waals surface area contributed by atoms with Gasteiger partial charge < -0.3 is 10.2 Å². The van der Waals surface area contributed by atoms with E-state index in [9.17, 15) is 0 Å². The Morgan fingerprint density at radius 3 is 3.19 bits per heavy atom. The molecule has 16 heavy (non-hydrogen) atoms. The highest BCUT2D eigenvalue weighted by atomic mass is 79.9. The van der Waals surface area contributed by atoms with Crippen molar-refractivity contribution in [3.8, 4) is 6.07 Å². The van der Waals surface area contributed by atoms with Gasteiger partial charge in [-0.15, -0.1) is 0 Å². The molecule has 1 unspecified atom stereocenters. The Bertz CT molecular complexity index is 426. The normalized spacial score (nSPS) is 20.6. The number of rotatable bonds is 1. The van der Waals surface area contributed by atoms with Crippen LogP contribution in [0.25, 0.3) is 0 Å². The largest absolute Gasteiger partial charge is 0.350 e. The van der Waals surface area contributed by atoms with Crippen LogP contribution in [-0.4, -0.2) is 30.7 Å². The fourth-order valence-corrected chi connectivity index (χ4v) is 2.23. The summed E-state index contributed by atoms with van der Waals surface area (Å²) in [6.07, 6.45) is 1.74. The van der Waals surface area contributed by atoms with Crippen molar-refractivity contribution in [3.63, 3.8) is 0 Å². The average Bonchev–Trinajstić information content (AvgIpc) is 2.30. The second-order valence-electron chi connectivity index (χ2n) is 3.88. The number of nitrogens with zero attached hydrogens (tertiary/aromatic N) is 3. The molecule has 2 rings (SSSR count). The lowest BCUT2D eigenvalue weighted by Gasteiger charge is -2.35. The van der Waals surface area contributed by atoms with Crippen molar-refractivity contribution >= 4 is 21.7 Å². The highest BCUT2D eigenvalue weighted by Crippen LogP contribution is 2.23. The van der Waals surface area contributed by atoms with Crippen LogP contribution in [0.1, 0.15) is 12.5 Å². The summed E-state index contributed by atoms with van der Waals surface area (Å²) in [4.78, 5) is 6.53. The van der Waals surface area contributed by atoms with Gasteiger partial charge in [-0.2, -0.15) is 5.26 Å². The van der Waals surface area contributed by atoms with Gasteiger partial charge in [-0.25, -0.2) is 4.98 Å². The molecule has 0 aromatic carbocycles. The van der Waals surface area contributed by atoms with Crippen LogP contribution in [0.4, 0.5) is 5.82 Å². The van der Waals surface area contributed by atoms with Gasteiger partial charge >= 0.3 is 0 Å². The van der Waals surface area contributed by atoms with Gasteiger partial charge in [0.2, 0.25) is 0 Å². The Morgan fingerprint density at radius 1 is 1.69 bits per heavy atom. The van der Waals surface area contributed by atoms with Gasteiger partial charge in [-0.05, 0) is 28.9 Å². The van der Waals surface area contributed by atoms with E-state index in [0.29, 0.717) is 11.6 Å². The van der Waals surface area contributed by atoms with Gasteiger partial charge in [0.05, 0.1) is 5.56 Å². The van der Waals surface area contributed by atoms with Crippen molar-refractivity contribution in [1.82, 2.24) is 10.3 Å². The molecule has 2 heterocycles. The van der Waals surface area contributed by atoms with Crippen LogP contribution in [0.2, 0.25) is 0 Å². The molecule has 0 bridgehead atoms. The molecule has 0 spiro atoms. The summed E-state index contributed by atoms with van der Waals surface area (Å²) in [5.74, 6) is 0.791. The number of aromatic nitrogens is 1. The number of halogens is 1. The molecule has 1 N–H and O–H groups in total. The van der Waals surface area contributed by atoms with Crippen molar-refractivity contribution in [2.24, 2.45) is 0 Å². The van der Waals surface area contributed by atoms with Crippen LogP contribution >= 0.6 is 15.9 Å². The summed E-state index contributed by atoms with van der Waals surface area (Å²) in [6, 6.07) is 4.39. The topological polar surface area (TPSA) is 52.0 Å². The molecule has 1 aliphatic heterocycles. The van der Waals surface area contributed by atoms with Crippen LogP contribution in [0, 0.1) is 11.3 Å². The third-order valence-electron chi connectivity index (χ3n) is 2.73. The molecule has 0 aliphatic carbocycles. The fraction of sp³-hybridized carbons (Fsp3) is 0.455. The number of nitriles is 1. The quantitative estimate of drug-likeness (QED) is 0.848. The van der Waals surface area contributed by atoms with Crippen molar-refractivity contribution in [3.05, 3.63) is 22.3 Å². The molecule has 0 amide bonds. The Balaban J connectivity index is 2.35. The summed E-state index contributed by atoms with van der Waals surface area (Å²) in [7, 11) is 0. The lowest BCUT2D eigenvalue weighted by atomic mass is 10.2. The SMILES string of the molecule is CC1CNCCN1c1ncc(Br)cc1C#N. The maximum Gasteiger partial charge on any atom is 0.146 e. The molecule has 1 atom stereocenters. The second kappa shape index (κ2) is 4.81. The maximum atomic E-state index is 9.11.